The SMILES string of the molecule is C=Cc1cc2c(-c3ccc(F)c4[nH]ncc34)c(N)c(=O)[nH]c2c2ccccc12. The van der Waals surface area contributed by atoms with Gasteiger partial charge in [0.2, 0.25) is 0 Å². The van der Waals surface area contributed by atoms with Gasteiger partial charge in [-0.2, -0.15) is 5.10 Å². The Labute approximate surface area is 158 Å². The molecule has 0 atom stereocenters. The topological polar surface area (TPSA) is 87.6 Å². The van der Waals surface area contributed by atoms with Crippen LogP contribution >= 0.6 is 0 Å². The number of nitrogens with two attached hydrogens (primary N) is 1. The van der Waals surface area contributed by atoms with Gasteiger partial charge in [0.15, 0.2) is 0 Å². The van der Waals surface area contributed by atoms with Crippen LogP contribution in [0.25, 0.3) is 49.8 Å². The highest BCUT2D eigenvalue weighted by Gasteiger charge is 2.19. The number of rotatable bonds is 2. The van der Waals surface area contributed by atoms with E-state index in [0.717, 1.165) is 21.7 Å². The highest BCUT2D eigenvalue weighted by Crippen LogP contribution is 2.39. The number of anilines is 1. The third kappa shape index (κ3) is 2.11. The van der Waals surface area contributed by atoms with Crippen LogP contribution in [-0.4, -0.2) is 15.2 Å². The lowest BCUT2D eigenvalue weighted by Crippen LogP contribution is -2.14. The smallest absolute Gasteiger partial charge is 0.272 e. The number of nitrogen functional groups attached to an aromatic ring is 1. The molecular weight excluding hydrogens is 355 g/mol. The molecule has 0 aliphatic rings. The number of aromatic nitrogens is 3. The number of hydrogen-bond donors (Lipinski definition) is 3. The largest absolute Gasteiger partial charge is 0.394 e. The molecule has 5 nitrogen and oxygen atoms in total. The molecule has 0 saturated heterocycles. The summed E-state index contributed by atoms with van der Waals surface area (Å²) in [6.45, 7) is 3.92. The Morgan fingerprint density at radius 3 is 2.61 bits per heavy atom. The van der Waals surface area contributed by atoms with Crippen molar-refractivity contribution in [1.29, 1.82) is 0 Å². The molecule has 0 aliphatic heterocycles. The van der Waals surface area contributed by atoms with Crippen LogP contribution in [0.1, 0.15) is 5.56 Å². The lowest BCUT2D eigenvalue weighted by molar-refractivity contribution is 0.636. The number of aromatic amines is 2. The minimum absolute atomic E-state index is 0.0758. The summed E-state index contributed by atoms with van der Waals surface area (Å²) in [6, 6.07) is 12.7. The van der Waals surface area contributed by atoms with E-state index < -0.39 is 5.82 Å². The van der Waals surface area contributed by atoms with E-state index in [9.17, 15) is 9.18 Å². The van der Waals surface area contributed by atoms with Crippen LogP contribution in [0.2, 0.25) is 0 Å². The van der Waals surface area contributed by atoms with E-state index in [4.69, 9.17) is 5.73 Å². The second-order valence-electron chi connectivity index (χ2n) is 6.63. The van der Waals surface area contributed by atoms with Crippen LogP contribution < -0.4 is 11.3 Å². The molecule has 28 heavy (non-hydrogen) atoms. The molecule has 0 radical (unpaired) electrons. The van der Waals surface area contributed by atoms with Crippen molar-refractivity contribution >= 4 is 44.3 Å². The second kappa shape index (κ2) is 5.79. The number of nitrogens with one attached hydrogen (secondary N) is 2. The molecular formula is C22H15FN4O. The minimum atomic E-state index is -0.416. The first-order chi connectivity index (χ1) is 13.6. The molecule has 3 aromatic carbocycles. The summed E-state index contributed by atoms with van der Waals surface area (Å²) in [4.78, 5) is 15.6. The van der Waals surface area contributed by atoms with E-state index in [-0.39, 0.29) is 16.8 Å². The molecule has 6 heteroatoms. The van der Waals surface area contributed by atoms with Crippen LogP contribution in [0.4, 0.5) is 10.1 Å². The molecule has 5 aromatic rings. The average molecular weight is 370 g/mol. The number of benzene rings is 3. The fraction of sp³-hybridized carbons (Fsp3) is 0. The summed E-state index contributed by atoms with van der Waals surface area (Å²) in [6.07, 6.45) is 3.31. The van der Waals surface area contributed by atoms with E-state index in [1.807, 2.05) is 30.3 Å². The molecule has 136 valence electrons. The van der Waals surface area contributed by atoms with Crippen molar-refractivity contribution in [3.63, 3.8) is 0 Å². The fourth-order valence-corrected chi connectivity index (χ4v) is 3.85. The van der Waals surface area contributed by atoms with Crippen molar-refractivity contribution in [2.75, 3.05) is 5.73 Å². The number of halogens is 1. The third-order valence-corrected chi connectivity index (χ3v) is 5.15. The fourth-order valence-electron chi connectivity index (χ4n) is 3.85. The Balaban J connectivity index is 2.04. The average Bonchev–Trinajstić information content (AvgIpc) is 3.21. The number of nitrogens with zero attached hydrogens (tertiary/aromatic N) is 1. The zero-order valence-corrected chi connectivity index (χ0v) is 14.7. The predicted molar refractivity (Wildman–Crippen MR) is 112 cm³/mol. The van der Waals surface area contributed by atoms with Gasteiger partial charge in [-0.05, 0) is 28.6 Å². The van der Waals surface area contributed by atoms with Gasteiger partial charge < -0.3 is 10.7 Å². The van der Waals surface area contributed by atoms with Gasteiger partial charge in [-0.1, -0.05) is 43.0 Å². The maximum atomic E-state index is 14.2. The predicted octanol–water partition coefficient (Wildman–Crippen LogP) is 4.59. The van der Waals surface area contributed by atoms with Crippen LogP contribution in [-0.2, 0) is 0 Å². The Kier molecular flexibility index (Phi) is 3.36. The van der Waals surface area contributed by atoms with Crippen LogP contribution in [0.5, 0.6) is 0 Å². The first-order valence-electron chi connectivity index (χ1n) is 8.71. The Hall–Kier alpha value is -3.93. The molecule has 4 N–H and O–H groups in total. The third-order valence-electron chi connectivity index (χ3n) is 5.15. The highest BCUT2D eigenvalue weighted by atomic mass is 19.1. The van der Waals surface area contributed by atoms with Gasteiger partial charge in [0.1, 0.15) is 17.0 Å². The summed E-state index contributed by atoms with van der Waals surface area (Å²) in [5, 5.41) is 9.81. The molecule has 0 fully saturated rings. The van der Waals surface area contributed by atoms with E-state index in [2.05, 4.69) is 21.8 Å². The van der Waals surface area contributed by atoms with E-state index in [0.29, 0.717) is 22.0 Å². The summed E-state index contributed by atoms with van der Waals surface area (Å²) in [5.41, 5.74) is 8.97. The molecule has 0 unspecified atom stereocenters. The van der Waals surface area contributed by atoms with Crippen molar-refractivity contribution in [2.45, 2.75) is 0 Å². The summed E-state index contributed by atoms with van der Waals surface area (Å²) < 4.78 is 14.2. The Bertz CT molecular complexity index is 1480. The molecule has 0 saturated carbocycles. The molecule has 0 spiro atoms. The van der Waals surface area contributed by atoms with Crippen molar-refractivity contribution in [3.8, 4) is 11.1 Å². The first kappa shape index (κ1) is 16.3. The number of pyridine rings is 1. The molecule has 2 heterocycles. The van der Waals surface area contributed by atoms with Gasteiger partial charge in [-0.15, -0.1) is 0 Å². The van der Waals surface area contributed by atoms with E-state index in [1.165, 1.54) is 12.3 Å². The van der Waals surface area contributed by atoms with Gasteiger partial charge in [-0.25, -0.2) is 4.39 Å². The number of H-pyrrole nitrogens is 2. The normalized spacial score (nSPS) is 11.5. The van der Waals surface area contributed by atoms with Crippen LogP contribution in [0.3, 0.4) is 0 Å². The molecule has 0 amide bonds. The highest BCUT2D eigenvalue weighted by molar-refractivity contribution is 6.16. The standard InChI is InChI=1S/C22H15FN4O/c1-2-11-9-15-18(13-7-8-17(23)21-16(13)10-25-27-21)19(24)22(28)26-20(15)14-6-4-3-5-12(11)14/h2-10H,1,24H2,(H,25,27)(H,26,28). The van der Waals surface area contributed by atoms with Crippen molar-refractivity contribution < 1.29 is 4.39 Å². The van der Waals surface area contributed by atoms with Crippen molar-refractivity contribution in [2.24, 2.45) is 0 Å². The quantitative estimate of drug-likeness (QED) is 0.397. The Morgan fingerprint density at radius 1 is 1.04 bits per heavy atom. The minimum Gasteiger partial charge on any atom is -0.394 e. The van der Waals surface area contributed by atoms with Crippen molar-refractivity contribution in [3.05, 3.63) is 77.0 Å². The molecule has 0 bridgehead atoms. The van der Waals surface area contributed by atoms with E-state index >= 15 is 0 Å². The van der Waals surface area contributed by atoms with Crippen LogP contribution in [0, 0.1) is 5.82 Å². The van der Waals surface area contributed by atoms with Gasteiger partial charge >= 0.3 is 0 Å². The number of hydrogen-bond acceptors (Lipinski definition) is 3. The first-order valence-corrected chi connectivity index (χ1v) is 8.71. The summed E-state index contributed by atoms with van der Waals surface area (Å²) in [5.74, 6) is -0.416. The maximum Gasteiger partial charge on any atom is 0.272 e. The maximum absolute atomic E-state index is 14.2. The molecule has 5 rings (SSSR count). The van der Waals surface area contributed by atoms with E-state index in [1.54, 1.807) is 12.1 Å². The molecule has 2 aromatic heterocycles. The second-order valence-corrected chi connectivity index (χ2v) is 6.63. The van der Waals surface area contributed by atoms with Gasteiger partial charge in [0, 0.05) is 21.7 Å². The van der Waals surface area contributed by atoms with Crippen molar-refractivity contribution in [1.82, 2.24) is 15.2 Å². The zero-order chi connectivity index (χ0) is 19.4. The Morgan fingerprint density at radius 2 is 1.82 bits per heavy atom. The van der Waals surface area contributed by atoms with Gasteiger partial charge in [0.25, 0.3) is 5.56 Å². The lowest BCUT2D eigenvalue weighted by atomic mass is 9.92. The lowest BCUT2D eigenvalue weighted by Gasteiger charge is -2.14. The summed E-state index contributed by atoms with van der Waals surface area (Å²) in [7, 11) is 0. The van der Waals surface area contributed by atoms with Gasteiger partial charge in [-0.3, -0.25) is 9.89 Å². The van der Waals surface area contributed by atoms with Gasteiger partial charge in [0.05, 0.1) is 11.7 Å². The molecule has 0 aliphatic carbocycles. The van der Waals surface area contributed by atoms with Crippen LogP contribution in [0.15, 0.2) is 60.0 Å². The zero-order valence-electron chi connectivity index (χ0n) is 14.7. The monoisotopic (exact) mass is 370 g/mol. The summed E-state index contributed by atoms with van der Waals surface area (Å²) >= 11 is 0. The number of fused-ring (bicyclic) bond motifs is 4.